The van der Waals surface area contributed by atoms with Crippen LogP contribution in [0.15, 0.2) is 18.2 Å². The van der Waals surface area contributed by atoms with E-state index in [4.69, 9.17) is 24.2 Å². The zero-order valence-electron chi connectivity index (χ0n) is 11.3. The molecule has 0 saturated carbocycles. The van der Waals surface area contributed by atoms with Gasteiger partial charge < -0.3 is 18.9 Å². The fourth-order valence-electron chi connectivity index (χ4n) is 1.46. The van der Waals surface area contributed by atoms with Gasteiger partial charge in [-0.15, -0.1) is 0 Å². The molecule has 0 aromatic heterocycles. The highest BCUT2D eigenvalue weighted by Gasteiger charge is 2.07. The highest BCUT2D eigenvalue weighted by Crippen LogP contribution is 2.28. The van der Waals surface area contributed by atoms with Crippen molar-refractivity contribution in [1.29, 1.82) is 5.26 Å². The topological polar surface area (TPSA) is 60.7 Å². The summed E-state index contributed by atoms with van der Waals surface area (Å²) in [5, 5.41) is 8.71. The number of nitriles is 1. The van der Waals surface area contributed by atoms with E-state index in [1.807, 2.05) is 18.2 Å². The van der Waals surface area contributed by atoms with E-state index in [1.165, 1.54) is 0 Å². The van der Waals surface area contributed by atoms with Crippen LogP contribution in [0.3, 0.4) is 0 Å². The number of methoxy groups -OCH3 is 2. The first kappa shape index (κ1) is 15.3. The van der Waals surface area contributed by atoms with E-state index < -0.39 is 0 Å². The van der Waals surface area contributed by atoms with Crippen LogP contribution in [0.1, 0.15) is 5.56 Å². The molecule has 0 amide bonds. The first-order chi connectivity index (χ1) is 9.31. The standard InChI is InChI=1S/C14H19NO4/c1-16-7-9-18-13-4-3-12(5-6-15)11-14(13)19-10-8-17-2/h3-4,11H,5,7-10H2,1-2H3. The van der Waals surface area contributed by atoms with Crippen LogP contribution in [0.2, 0.25) is 0 Å². The molecular formula is C14H19NO4. The molecule has 0 fully saturated rings. The Labute approximate surface area is 113 Å². The van der Waals surface area contributed by atoms with Gasteiger partial charge in [0.05, 0.1) is 25.7 Å². The van der Waals surface area contributed by atoms with Crippen LogP contribution in [-0.4, -0.2) is 40.6 Å². The third kappa shape index (κ3) is 5.60. The number of ether oxygens (including phenoxy) is 4. The molecule has 0 N–H and O–H groups in total. The summed E-state index contributed by atoms with van der Waals surface area (Å²) in [5.74, 6) is 1.27. The minimum Gasteiger partial charge on any atom is -0.487 e. The van der Waals surface area contributed by atoms with Crippen molar-refractivity contribution in [2.24, 2.45) is 0 Å². The quantitative estimate of drug-likeness (QED) is 0.637. The van der Waals surface area contributed by atoms with Gasteiger partial charge in [0.1, 0.15) is 13.2 Å². The summed E-state index contributed by atoms with van der Waals surface area (Å²) in [6.45, 7) is 1.90. The Morgan fingerprint density at radius 3 is 2.16 bits per heavy atom. The minimum absolute atomic E-state index is 0.346. The molecular weight excluding hydrogens is 246 g/mol. The molecule has 19 heavy (non-hydrogen) atoms. The maximum Gasteiger partial charge on any atom is 0.161 e. The van der Waals surface area contributed by atoms with Crippen LogP contribution in [-0.2, 0) is 15.9 Å². The summed E-state index contributed by atoms with van der Waals surface area (Å²) in [4.78, 5) is 0. The third-order valence-electron chi connectivity index (χ3n) is 2.38. The molecule has 0 bridgehead atoms. The van der Waals surface area contributed by atoms with Crippen molar-refractivity contribution >= 4 is 0 Å². The summed E-state index contributed by atoms with van der Waals surface area (Å²) in [6.07, 6.45) is 0.346. The Morgan fingerprint density at radius 2 is 1.58 bits per heavy atom. The van der Waals surface area contributed by atoms with E-state index in [-0.39, 0.29) is 0 Å². The van der Waals surface area contributed by atoms with E-state index in [9.17, 15) is 0 Å². The Hall–Kier alpha value is -1.77. The van der Waals surface area contributed by atoms with Crippen molar-refractivity contribution in [3.8, 4) is 17.6 Å². The van der Waals surface area contributed by atoms with Crippen LogP contribution < -0.4 is 9.47 Å². The monoisotopic (exact) mass is 265 g/mol. The molecule has 0 aliphatic carbocycles. The lowest BCUT2D eigenvalue weighted by Crippen LogP contribution is -2.08. The Kier molecular flexibility index (Phi) is 7.40. The van der Waals surface area contributed by atoms with Crippen LogP contribution in [0, 0.1) is 11.3 Å². The van der Waals surface area contributed by atoms with Gasteiger partial charge in [-0.3, -0.25) is 0 Å². The maximum absolute atomic E-state index is 8.71. The lowest BCUT2D eigenvalue weighted by atomic mass is 10.1. The molecule has 1 aromatic carbocycles. The molecule has 0 unspecified atom stereocenters. The van der Waals surface area contributed by atoms with Crippen molar-refractivity contribution in [3.63, 3.8) is 0 Å². The molecule has 1 rings (SSSR count). The van der Waals surface area contributed by atoms with E-state index in [1.54, 1.807) is 14.2 Å². The van der Waals surface area contributed by atoms with Gasteiger partial charge in [-0.2, -0.15) is 5.26 Å². The Bertz CT molecular complexity index is 414. The number of hydrogen-bond acceptors (Lipinski definition) is 5. The molecule has 5 nitrogen and oxygen atoms in total. The Morgan fingerprint density at radius 1 is 0.947 bits per heavy atom. The molecule has 0 heterocycles. The highest BCUT2D eigenvalue weighted by molar-refractivity contribution is 5.43. The van der Waals surface area contributed by atoms with E-state index in [0.29, 0.717) is 44.3 Å². The van der Waals surface area contributed by atoms with Crippen molar-refractivity contribution in [2.45, 2.75) is 6.42 Å². The van der Waals surface area contributed by atoms with Crippen molar-refractivity contribution in [1.82, 2.24) is 0 Å². The van der Waals surface area contributed by atoms with Gasteiger partial charge in [0.2, 0.25) is 0 Å². The average Bonchev–Trinajstić information content (AvgIpc) is 2.42. The van der Waals surface area contributed by atoms with Gasteiger partial charge in [0, 0.05) is 14.2 Å². The fraction of sp³-hybridized carbons (Fsp3) is 0.500. The van der Waals surface area contributed by atoms with Gasteiger partial charge in [-0.25, -0.2) is 0 Å². The second-order valence-corrected chi connectivity index (χ2v) is 3.80. The molecule has 0 aliphatic heterocycles. The van der Waals surface area contributed by atoms with Crippen molar-refractivity contribution < 1.29 is 18.9 Å². The van der Waals surface area contributed by atoms with Gasteiger partial charge in [-0.05, 0) is 17.7 Å². The Balaban J connectivity index is 2.72. The lowest BCUT2D eigenvalue weighted by Gasteiger charge is -2.13. The maximum atomic E-state index is 8.71. The number of rotatable bonds is 9. The van der Waals surface area contributed by atoms with E-state index >= 15 is 0 Å². The molecule has 104 valence electrons. The largest absolute Gasteiger partial charge is 0.487 e. The molecule has 5 heteroatoms. The third-order valence-corrected chi connectivity index (χ3v) is 2.38. The summed E-state index contributed by atoms with van der Waals surface area (Å²) in [6, 6.07) is 7.60. The highest BCUT2D eigenvalue weighted by atomic mass is 16.5. The zero-order valence-corrected chi connectivity index (χ0v) is 11.3. The van der Waals surface area contributed by atoms with E-state index in [2.05, 4.69) is 6.07 Å². The first-order valence-electron chi connectivity index (χ1n) is 6.05. The van der Waals surface area contributed by atoms with Gasteiger partial charge >= 0.3 is 0 Å². The second-order valence-electron chi connectivity index (χ2n) is 3.80. The summed E-state index contributed by atoms with van der Waals surface area (Å²) < 4.78 is 21.0. The number of nitrogens with zero attached hydrogens (tertiary/aromatic N) is 1. The number of hydrogen-bond donors (Lipinski definition) is 0. The second kappa shape index (κ2) is 9.20. The lowest BCUT2D eigenvalue weighted by molar-refractivity contribution is 0.132. The fourth-order valence-corrected chi connectivity index (χ4v) is 1.46. The smallest absolute Gasteiger partial charge is 0.161 e. The molecule has 0 saturated heterocycles. The minimum atomic E-state index is 0.346. The van der Waals surface area contributed by atoms with E-state index in [0.717, 1.165) is 5.56 Å². The van der Waals surface area contributed by atoms with Crippen molar-refractivity contribution in [2.75, 3.05) is 40.6 Å². The summed E-state index contributed by atoms with van der Waals surface area (Å²) >= 11 is 0. The van der Waals surface area contributed by atoms with Gasteiger partial charge in [0.15, 0.2) is 11.5 Å². The van der Waals surface area contributed by atoms with Crippen LogP contribution in [0.5, 0.6) is 11.5 Å². The van der Waals surface area contributed by atoms with Crippen LogP contribution >= 0.6 is 0 Å². The normalized spacial score (nSPS) is 9.95. The van der Waals surface area contributed by atoms with Gasteiger partial charge in [0.25, 0.3) is 0 Å². The first-order valence-corrected chi connectivity index (χ1v) is 6.05. The molecule has 0 aliphatic rings. The van der Waals surface area contributed by atoms with Gasteiger partial charge in [-0.1, -0.05) is 6.07 Å². The SMILES string of the molecule is COCCOc1ccc(CC#N)cc1OCCOC. The summed E-state index contributed by atoms with van der Waals surface area (Å²) in [7, 11) is 3.24. The summed E-state index contributed by atoms with van der Waals surface area (Å²) in [5.41, 5.74) is 0.897. The predicted molar refractivity (Wildman–Crippen MR) is 70.5 cm³/mol. The van der Waals surface area contributed by atoms with Crippen molar-refractivity contribution in [3.05, 3.63) is 23.8 Å². The zero-order chi connectivity index (χ0) is 13.9. The number of benzene rings is 1. The van der Waals surface area contributed by atoms with Crippen LogP contribution in [0.4, 0.5) is 0 Å². The molecule has 0 atom stereocenters. The molecule has 0 spiro atoms. The molecule has 1 aromatic rings. The van der Waals surface area contributed by atoms with Crippen LogP contribution in [0.25, 0.3) is 0 Å². The average molecular weight is 265 g/mol. The predicted octanol–water partition coefficient (Wildman–Crippen LogP) is 1.80. The molecule has 0 radical (unpaired) electrons.